The summed E-state index contributed by atoms with van der Waals surface area (Å²) in [5.74, 6) is -0.164. The first kappa shape index (κ1) is 9.04. The Hall–Kier alpha value is -0.220. The Morgan fingerprint density at radius 1 is 1.36 bits per heavy atom. The van der Waals surface area contributed by atoms with Crippen molar-refractivity contribution in [3.8, 4) is 0 Å². The fourth-order valence-electron chi connectivity index (χ4n) is 2.66. The summed E-state index contributed by atoms with van der Waals surface area (Å²) in [5, 5.41) is 0. The zero-order valence-electron chi connectivity index (χ0n) is 7.04. The molecule has 0 spiro atoms. The van der Waals surface area contributed by atoms with Gasteiger partial charge in [-0.3, -0.25) is 9.59 Å². The van der Waals surface area contributed by atoms with E-state index in [0.29, 0.717) is 4.48 Å². The van der Waals surface area contributed by atoms with Gasteiger partial charge in [0.1, 0.15) is 4.32 Å². The number of carbonyl (C=O) groups excluding carboxylic acids is 2. The summed E-state index contributed by atoms with van der Waals surface area (Å²) in [4.78, 5) is 23.6. The Morgan fingerprint density at radius 2 is 2.07 bits per heavy atom. The van der Waals surface area contributed by atoms with Crippen molar-refractivity contribution in [2.45, 2.75) is 4.32 Å². The molecule has 2 bridgehead atoms. The number of fused-ring (bicyclic) bond motifs is 5. The molecule has 2 nitrogen and oxygen atoms in total. The lowest BCUT2D eigenvalue weighted by Gasteiger charge is -2.22. The predicted molar refractivity (Wildman–Crippen MR) is 58.3 cm³/mol. The van der Waals surface area contributed by atoms with Crippen LogP contribution in [0.2, 0.25) is 0 Å². The summed E-state index contributed by atoms with van der Waals surface area (Å²) >= 11 is 6.70. The van der Waals surface area contributed by atoms with Gasteiger partial charge in [0.25, 0.3) is 0 Å². The molecule has 0 aromatic rings. The molecule has 4 heteroatoms. The molecule has 0 saturated heterocycles. The van der Waals surface area contributed by atoms with E-state index in [0.717, 1.165) is 0 Å². The largest absolute Gasteiger partial charge is 0.297 e. The summed E-state index contributed by atoms with van der Waals surface area (Å²) in [6, 6.07) is 0. The first-order valence-electron chi connectivity index (χ1n) is 4.40. The second-order valence-electron chi connectivity index (χ2n) is 3.95. The van der Waals surface area contributed by atoms with Gasteiger partial charge in [0.05, 0.1) is 4.48 Å². The normalized spacial score (nSPS) is 48.7. The summed E-state index contributed by atoms with van der Waals surface area (Å²) in [5.41, 5.74) is 0. The fraction of sp³-hybridized carbons (Fsp3) is 0.400. The molecule has 0 radical (unpaired) electrons. The maximum atomic E-state index is 11.8. The molecule has 14 heavy (non-hydrogen) atoms. The second-order valence-corrected chi connectivity index (χ2v) is 6.11. The molecule has 3 rings (SSSR count). The Morgan fingerprint density at radius 3 is 2.71 bits per heavy atom. The van der Waals surface area contributed by atoms with Gasteiger partial charge < -0.3 is 0 Å². The summed E-state index contributed by atoms with van der Waals surface area (Å²) < 4.78 is 0.0191. The molecule has 0 aromatic heterocycles. The van der Waals surface area contributed by atoms with E-state index in [2.05, 4.69) is 31.9 Å². The fourth-order valence-corrected chi connectivity index (χ4v) is 4.04. The van der Waals surface area contributed by atoms with Crippen LogP contribution >= 0.6 is 31.9 Å². The van der Waals surface area contributed by atoms with E-state index in [1.807, 2.05) is 18.2 Å². The number of carbonyl (C=O) groups is 2. The van der Waals surface area contributed by atoms with Gasteiger partial charge >= 0.3 is 0 Å². The number of allylic oxidation sites excluding steroid dienone is 4. The first-order chi connectivity index (χ1) is 6.55. The molecule has 1 fully saturated rings. The van der Waals surface area contributed by atoms with Crippen LogP contribution in [-0.2, 0) is 9.59 Å². The van der Waals surface area contributed by atoms with Gasteiger partial charge in [0.2, 0.25) is 0 Å². The highest BCUT2D eigenvalue weighted by molar-refractivity contribution is 9.12. The lowest BCUT2D eigenvalue weighted by Crippen LogP contribution is -2.29. The summed E-state index contributed by atoms with van der Waals surface area (Å²) in [6.45, 7) is 0. The predicted octanol–water partition coefficient (Wildman–Crippen LogP) is 1.98. The zero-order valence-corrected chi connectivity index (χ0v) is 10.2. The standard InChI is InChI=1S/C10H6Br2O2/c11-6-3-5-7(8(6)13)4-1-2-10(5,12)9(4)14/h1-5,7H/t4-,5+,7+,10+/m1/s1. The molecule has 0 N–H and O–H groups in total. The van der Waals surface area contributed by atoms with Gasteiger partial charge in [0.15, 0.2) is 11.6 Å². The molecule has 0 unspecified atom stereocenters. The van der Waals surface area contributed by atoms with Crippen molar-refractivity contribution >= 4 is 43.4 Å². The summed E-state index contributed by atoms with van der Waals surface area (Å²) in [6.07, 6.45) is 5.61. The van der Waals surface area contributed by atoms with Gasteiger partial charge in [-0.1, -0.05) is 34.2 Å². The number of hydrogen-bond acceptors (Lipinski definition) is 2. The minimum absolute atomic E-state index is 0.00637. The van der Waals surface area contributed by atoms with Crippen molar-refractivity contribution in [2.24, 2.45) is 17.8 Å². The maximum absolute atomic E-state index is 11.8. The van der Waals surface area contributed by atoms with E-state index >= 15 is 0 Å². The molecule has 0 aromatic carbocycles. The van der Waals surface area contributed by atoms with Gasteiger partial charge in [0, 0.05) is 17.8 Å². The van der Waals surface area contributed by atoms with Crippen LogP contribution in [0.3, 0.4) is 0 Å². The minimum Gasteiger partial charge on any atom is -0.297 e. The molecular weight excluding hydrogens is 312 g/mol. The smallest absolute Gasteiger partial charge is 0.174 e. The third kappa shape index (κ3) is 0.784. The highest BCUT2D eigenvalue weighted by Crippen LogP contribution is 2.57. The number of Topliss-reactive ketones (excluding diaryl/α,β-unsaturated/α-hetero) is 2. The van der Waals surface area contributed by atoms with Crippen molar-refractivity contribution < 1.29 is 9.59 Å². The van der Waals surface area contributed by atoms with E-state index < -0.39 is 4.32 Å². The Kier molecular flexibility index (Phi) is 1.60. The monoisotopic (exact) mass is 316 g/mol. The van der Waals surface area contributed by atoms with E-state index in [-0.39, 0.29) is 29.3 Å². The summed E-state index contributed by atoms with van der Waals surface area (Å²) in [7, 11) is 0. The van der Waals surface area contributed by atoms with Crippen molar-refractivity contribution in [2.75, 3.05) is 0 Å². The van der Waals surface area contributed by atoms with E-state index in [9.17, 15) is 9.59 Å². The number of alkyl halides is 1. The highest BCUT2D eigenvalue weighted by atomic mass is 79.9. The van der Waals surface area contributed by atoms with Gasteiger partial charge in [-0.05, 0) is 15.9 Å². The lowest BCUT2D eigenvalue weighted by atomic mass is 9.85. The lowest BCUT2D eigenvalue weighted by molar-refractivity contribution is -0.124. The van der Waals surface area contributed by atoms with Gasteiger partial charge in [-0.25, -0.2) is 0 Å². The minimum atomic E-state index is -0.604. The average molecular weight is 318 g/mol. The molecule has 3 aliphatic rings. The van der Waals surface area contributed by atoms with Crippen LogP contribution in [0.4, 0.5) is 0 Å². The molecule has 1 saturated carbocycles. The Balaban J connectivity index is 2.18. The van der Waals surface area contributed by atoms with Crippen LogP contribution in [0, 0.1) is 17.8 Å². The topological polar surface area (TPSA) is 34.1 Å². The van der Waals surface area contributed by atoms with Crippen molar-refractivity contribution in [1.82, 2.24) is 0 Å². The van der Waals surface area contributed by atoms with E-state index in [1.54, 1.807) is 0 Å². The first-order valence-corrected chi connectivity index (χ1v) is 5.98. The Labute approximate surface area is 97.7 Å². The number of halogens is 2. The quantitative estimate of drug-likeness (QED) is 0.506. The Bertz CT molecular complexity index is 424. The maximum Gasteiger partial charge on any atom is 0.174 e. The van der Waals surface area contributed by atoms with Crippen LogP contribution < -0.4 is 0 Å². The molecule has 0 amide bonds. The zero-order chi connectivity index (χ0) is 10.1. The van der Waals surface area contributed by atoms with E-state index in [1.165, 1.54) is 0 Å². The number of rotatable bonds is 0. The number of ketones is 2. The second kappa shape index (κ2) is 2.47. The van der Waals surface area contributed by atoms with Crippen LogP contribution in [-0.4, -0.2) is 15.9 Å². The molecule has 0 aliphatic heterocycles. The number of hydrogen-bond donors (Lipinski definition) is 0. The van der Waals surface area contributed by atoms with Crippen molar-refractivity contribution in [1.29, 1.82) is 0 Å². The van der Waals surface area contributed by atoms with Crippen molar-refractivity contribution in [3.05, 3.63) is 22.7 Å². The highest BCUT2D eigenvalue weighted by Gasteiger charge is 2.63. The van der Waals surface area contributed by atoms with Crippen LogP contribution in [0.1, 0.15) is 0 Å². The van der Waals surface area contributed by atoms with Crippen LogP contribution in [0.25, 0.3) is 0 Å². The van der Waals surface area contributed by atoms with Gasteiger partial charge in [-0.2, -0.15) is 0 Å². The van der Waals surface area contributed by atoms with Crippen LogP contribution in [0.5, 0.6) is 0 Å². The van der Waals surface area contributed by atoms with Crippen molar-refractivity contribution in [3.63, 3.8) is 0 Å². The molecule has 3 aliphatic carbocycles. The molecular formula is C10H6Br2O2. The van der Waals surface area contributed by atoms with E-state index in [4.69, 9.17) is 0 Å². The third-order valence-corrected chi connectivity index (χ3v) is 5.19. The molecule has 4 atom stereocenters. The average Bonchev–Trinajstić information content (AvgIpc) is 2.65. The SMILES string of the molecule is O=C1C(Br)=C[C@H]2[C@@H]1[C@H]1C=C[C@@]2(Br)C1=O. The van der Waals surface area contributed by atoms with Crippen LogP contribution in [0.15, 0.2) is 22.7 Å². The molecule has 72 valence electrons. The van der Waals surface area contributed by atoms with Gasteiger partial charge in [-0.15, -0.1) is 0 Å². The third-order valence-electron chi connectivity index (χ3n) is 3.35. The molecule has 0 heterocycles.